The van der Waals surface area contributed by atoms with Crippen LogP contribution in [0.1, 0.15) is 57.3 Å². The fourth-order valence-electron chi connectivity index (χ4n) is 5.20. The van der Waals surface area contributed by atoms with Crippen molar-refractivity contribution in [2.24, 2.45) is 0 Å². The SMILES string of the molecule is O=C(NC1CCc2cccnc21)c1cnn(C2CN(C(c3ccccc3)c3ccccc3)C2)c1. The van der Waals surface area contributed by atoms with Crippen LogP contribution in [0.15, 0.2) is 91.4 Å². The van der Waals surface area contributed by atoms with Gasteiger partial charge in [0.2, 0.25) is 0 Å². The Morgan fingerprint density at radius 1 is 0.941 bits per heavy atom. The van der Waals surface area contributed by atoms with Crippen molar-refractivity contribution in [3.8, 4) is 0 Å². The third-order valence-electron chi connectivity index (χ3n) is 6.99. The number of likely N-dealkylation sites (tertiary alicyclic amines) is 1. The van der Waals surface area contributed by atoms with Crippen LogP contribution in [0.4, 0.5) is 0 Å². The first kappa shape index (κ1) is 20.8. The molecule has 1 saturated heterocycles. The Kier molecular flexibility index (Phi) is 5.43. The van der Waals surface area contributed by atoms with E-state index in [0.29, 0.717) is 5.56 Å². The van der Waals surface area contributed by atoms with Gasteiger partial charge in [0.05, 0.1) is 35.6 Å². The van der Waals surface area contributed by atoms with Gasteiger partial charge >= 0.3 is 0 Å². The third-order valence-corrected chi connectivity index (χ3v) is 6.99. The van der Waals surface area contributed by atoms with Gasteiger partial charge in [-0.2, -0.15) is 5.10 Å². The molecule has 0 saturated carbocycles. The van der Waals surface area contributed by atoms with E-state index >= 15 is 0 Å². The molecule has 6 nitrogen and oxygen atoms in total. The molecule has 1 amide bonds. The number of hydrogen-bond acceptors (Lipinski definition) is 4. The Bertz CT molecular complexity index is 1240. The van der Waals surface area contributed by atoms with Crippen molar-refractivity contribution in [2.45, 2.75) is 31.0 Å². The molecule has 6 heteroatoms. The van der Waals surface area contributed by atoms with E-state index in [-0.39, 0.29) is 24.0 Å². The lowest BCUT2D eigenvalue weighted by Gasteiger charge is -2.44. The molecule has 0 spiro atoms. The third kappa shape index (κ3) is 3.90. The van der Waals surface area contributed by atoms with Gasteiger partial charge < -0.3 is 5.32 Å². The maximum absolute atomic E-state index is 12.9. The van der Waals surface area contributed by atoms with Gasteiger partial charge in [-0.05, 0) is 35.6 Å². The summed E-state index contributed by atoms with van der Waals surface area (Å²) < 4.78 is 1.94. The lowest BCUT2D eigenvalue weighted by Crippen LogP contribution is -2.49. The smallest absolute Gasteiger partial charge is 0.255 e. The molecule has 2 aliphatic rings. The maximum Gasteiger partial charge on any atom is 0.255 e. The second-order valence-electron chi connectivity index (χ2n) is 9.15. The van der Waals surface area contributed by atoms with Crippen molar-refractivity contribution in [1.29, 1.82) is 0 Å². The maximum atomic E-state index is 12.9. The molecule has 0 radical (unpaired) electrons. The molecule has 0 bridgehead atoms. The summed E-state index contributed by atoms with van der Waals surface area (Å²) in [5.41, 5.74) is 5.40. The molecule has 1 aliphatic heterocycles. The molecule has 1 unspecified atom stereocenters. The number of carbonyl (C=O) groups is 1. The molecule has 1 aliphatic carbocycles. The normalized spacial score (nSPS) is 18.0. The van der Waals surface area contributed by atoms with Crippen molar-refractivity contribution in [3.63, 3.8) is 0 Å². The zero-order valence-corrected chi connectivity index (χ0v) is 18.9. The molecule has 170 valence electrons. The number of hydrogen-bond donors (Lipinski definition) is 1. The number of carbonyl (C=O) groups excluding carboxylic acids is 1. The van der Waals surface area contributed by atoms with Crippen LogP contribution in [-0.2, 0) is 6.42 Å². The highest BCUT2D eigenvalue weighted by atomic mass is 16.1. The zero-order valence-electron chi connectivity index (χ0n) is 18.9. The minimum atomic E-state index is -0.0858. The summed E-state index contributed by atoms with van der Waals surface area (Å²) in [5, 5.41) is 7.68. The molecule has 4 aromatic rings. The average molecular weight is 450 g/mol. The summed E-state index contributed by atoms with van der Waals surface area (Å²) in [5.74, 6) is -0.0858. The van der Waals surface area contributed by atoms with Gasteiger partial charge in [-0.1, -0.05) is 66.7 Å². The largest absolute Gasteiger partial charge is 0.344 e. The predicted molar refractivity (Wildman–Crippen MR) is 130 cm³/mol. The summed E-state index contributed by atoms with van der Waals surface area (Å²) in [6.07, 6.45) is 7.20. The molecule has 1 N–H and O–H groups in total. The lowest BCUT2D eigenvalue weighted by molar-refractivity contribution is 0.0681. The number of benzene rings is 2. The summed E-state index contributed by atoms with van der Waals surface area (Å²) in [7, 11) is 0. The molecule has 2 aromatic heterocycles. The van der Waals surface area contributed by atoms with Crippen LogP contribution < -0.4 is 5.32 Å². The van der Waals surface area contributed by atoms with Crippen molar-refractivity contribution in [3.05, 3.63) is 119 Å². The summed E-state index contributed by atoms with van der Waals surface area (Å²) >= 11 is 0. The van der Waals surface area contributed by atoms with Gasteiger partial charge in [0.15, 0.2) is 0 Å². The molecule has 6 rings (SSSR count). The number of aryl methyl sites for hydroxylation is 1. The van der Waals surface area contributed by atoms with E-state index in [1.807, 2.05) is 16.9 Å². The Balaban J connectivity index is 1.13. The number of pyridine rings is 1. The quantitative estimate of drug-likeness (QED) is 0.476. The van der Waals surface area contributed by atoms with Crippen molar-refractivity contribution in [1.82, 2.24) is 25.0 Å². The van der Waals surface area contributed by atoms with Crippen LogP contribution in [-0.4, -0.2) is 38.7 Å². The van der Waals surface area contributed by atoms with Gasteiger partial charge in [-0.25, -0.2) is 0 Å². The first-order valence-corrected chi connectivity index (χ1v) is 11.9. The van der Waals surface area contributed by atoms with E-state index in [1.54, 1.807) is 12.4 Å². The predicted octanol–water partition coefficient (Wildman–Crippen LogP) is 4.34. The Labute approximate surface area is 199 Å². The van der Waals surface area contributed by atoms with Crippen LogP contribution in [0, 0.1) is 0 Å². The summed E-state index contributed by atoms with van der Waals surface area (Å²) in [4.78, 5) is 19.8. The molecule has 34 heavy (non-hydrogen) atoms. The van der Waals surface area contributed by atoms with Crippen LogP contribution >= 0.6 is 0 Å². The van der Waals surface area contributed by atoms with E-state index in [1.165, 1.54) is 16.7 Å². The van der Waals surface area contributed by atoms with Crippen molar-refractivity contribution >= 4 is 5.91 Å². The van der Waals surface area contributed by atoms with Crippen LogP contribution in [0.2, 0.25) is 0 Å². The van der Waals surface area contributed by atoms with E-state index in [2.05, 4.69) is 87.0 Å². The Hall–Kier alpha value is -3.77. The fraction of sp³-hybridized carbons (Fsp3) is 0.250. The highest BCUT2D eigenvalue weighted by Gasteiger charge is 2.35. The average Bonchev–Trinajstić information content (AvgIpc) is 3.50. The van der Waals surface area contributed by atoms with Crippen LogP contribution in [0.25, 0.3) is 0 Å². The minimum Gasteiger partial charge on any atom is -0.344 e. The molecular weight excluding hydrogens is 422 g/mol. The molecular formula is C28H27N5O. The van der Waals surface area contributed by atoms with E-state index < -0.39 is 0 Å². The summed E-state index contributed by atoms with van der Waals surface area (Å²) in [6.45, 7) is 1.77. The fourth-order valence-corrected chi connectivity index (χ4v) is 5.20. The highest BCUT2D eigenvalue weighted by molar-refractivity contribution is 5.94. The first-order valence-electron chi connectivity index (χ1n) is 11.9. The van der Waals surface area contributed by atoms with Gasteiger partial charge in [0.25, 0.3) is 5.91 Å². The highest BCUT2D eigenvalue weighted by Crippen LogP contribution is 2.36. The standard InChI is InChI=1S/C28H27N5O/c34-28(31-25-14-13-20-12-7-15-29-26(20)25)23-16-30-33(17-23)24-18-32(19-24)27(21-8-3-1-4-9-21)22-10-5-2-6-11-22/h1-12,15-17,24-25,27H,13-14,18-19H2,(H,31,34). The van der Waals surface area contributed by atoms with Crippen LogP contribution in [0.3, 0.4) is 0 Å². The minimum absolute atomic E-state index is 0.0243. The topological polar surface area (TPSA) is 63.1 Å². The van der Waals surface area contributed by atoms with Gasteiger partial charge in [0, 0.05) is 25.5 Å². The van der Waals surface area contributed by atoms with Gasteiger partial charge in [-0.15, -0.1) is 0 Å². The molecule has 2 aromatic carbocycles. The number of aromatic nitrogens is 3. The molecule has 3 heterocycles. The van der Waals surface area contributed by atoms with E-state index in [9.17, 15) is 4.79 Å². The lowest BCUT2D eigenvalue weighted by atomic mass is 9.93. The van der Waals surface area contributed by atoms with E-state index in [0.717, 1.165) is 31.6 Å². The van der Waals surface area contributed by atoms with Gasteiger partial charge in [-0.3, -0.25) is 19.4 Å². The number of fused-ring (bicyclic) bond motifs is 1. The van der Waals surface area contributed by atoms with Gasteiger partial charge in [0.1, 0.15) is 0 Å². The Morgan fingerprint density at radius 3 is 2.35 bits per heavy atom. The number of rotatable bonds is 6. The van der Waals surface area contributed by atoms with Crippen molar-refractivity contribution in [2.75, 3.05) is 13.1 Å². The monoisotopic (exact) mass is 449 g/mol. The zero-order chi connectivity index (χ0) is 22.9. The number of nitrogens with one attached hydrogen (secondary N) is 1. The summed E-state index contributed by atoms with van der Waals surface area (Å²) in [6, 6.07) is 25.8. The van der Waals surface area contributed by atoms with Crippen molar-refractivity contribution < 1.29 is 4.79 Å². The molecule has 1 fully saturated rings. The second-order valence-corrected chi connectivity index (χ2v) is 9.15. The molecule has 1 atom stereocenters. The Morgan fingerprint density at radius 2 is 1.65 bits per heavy atom. The first-order chi connectivity index (χ1) is 16.8. The number of nitrogens with zero attached hydrogens (tertiary/aromatic N) is 4. The van der Waals surface area contributed by atoms with Crippen LogP contribution in [0.5, 0.6) is 0 Å². The van der Waals surface area contributed by atoms with E-state index in [4.69, 9.17) is 0 Å². The number of amides is 1. The second kappa shape index (κ2) is 8.88.